The minimum absolute atomic E-state index is 0.152. The van der Waals surface area contributed by atoms with Crippen molar-refractivity contribution in [1.29, 1.82) is 0 Å². The molecule has 0 bridgehead atoms. The molecule has 1 aromatic heterocycles. The van der Waals surface area contributed by atoms with Crippen LogP contribution in [0.15, 0.2) is 6.20 Å². The molecular formula is C8H12BrF3N4. The van der Waals surface area contributed by atoms with E-state index in [9.17, 15) is 13.2 Å². The van der Waals surface area contributed by atoms with Crippen LogP contribution in [0.1, 0.15) is 5.69 Å². The average molecular weight is 301 g/mol. The average Bonchev–Trinajstić information content (AvgIpc) is 2.48. The van der Waals surface area contributed by atoms with Gasteiger partial charge in [0.2, 0.25) is 0 Å². The Kier molecular flexibility index (Phi) is 4.72. The molecule has 0 atom stereocenters. The van der Waals surface area contributed by atoms with E-state index in [0.29, 0.717) is 17.6 Å². The van der Waals surface area contributed by atoms with E-state index < -0.39 is 12.7 Å². The largest absolute Gasteiger partial charge is 0.401 e. The van der Waals surface area contributed by atoms with Gasteiger partial charge in [0, 0.05) is 31.7 Å². The van der Waals surface area contributed by atoms with Crippen LogP contribution in [0.3, 0.4) is 0 Å². The fourth-order valence-electron chi connectivity index (χ4n) is 1.28. The molecule has 0 aromatic carbocycles. The highest BCUT2D eigenvalue weighted by Crippen LogP contribution is 2.17. The first-order valence-corrected chi connectivity index (χ1v) is 5.73. The van der Waals surface area contributed by atoms with Crippen molar-refractivity contribution in [2.75, 3.05) is 18.4 Å². The lowest BCUT2D eigenvalue weighted by molar-refractivity contribution is -0.146. The minimum atomic E-state index is -4.19. The molecule has 8 heteroatoms. The molecule has 0 saturated heterocycles. The maximum absolute atomic E-state index is 12.2. The molecule has 0 aliphatic rings. The zero-order chi connectivity index (χ0) is 12.2. The lowest BCUT2D eigenvalue weighted by atomic mass is 10.4. The second-order valence-electron chi connectivity index (χ2n) is 3.40. The summed E-state index contributed by atoms with van der Waals surface area (Å²) in [5.74, 6) is 0. The molecule has 1 heterocycles. The van der Waals surface area contributed by atoms with E-state index in [4.69, 9.17) is 0 Å². The van der Waals surface area contributed by atoms with Crippen LogP contribution in [0.25, 0.3) is 0 Å². The predicted molar refractivity (Wildman–Crippen MR) is 56.1 cm³/mol. The first-order valence-electron chi connectivity index (χ1n) is 4.61. The number of alkyl halides is 4. The van der Waals surface area contributed by atoms with Crippen LogP contribution in [-0.2, 0) is 13.6 Å². The Labute approximate surface area is 99.5 Å². The summed E-state index contributed by atoms with van der Waals surface area (Å²) in [7, 11) is 1.68. The second kappa shape index (κ2) is 5.62. The van der Waals surface area contributed by atoms with Gasteiger partial charge in [-0.15, -0.1) is 5.10 Å². The Bertz CT molecular complexity index is 325. The number of halogens is 4. The van der Waals surface area contributed by atoms with Crippen LogP contribution in [-0.4, -0.2) is 44.5 Å². The number of rotatable bonds is 5. The first-order chi connectivity index (χ1) is 7.40. The summed E-state index contributed by atoms with van der Waals surface area (Å²) in [6.45, 7) is -0.468. The smallest absolute Gasteiger partial charge is 0.288 e. The molecule has 0 aliphatic carbocycles. The summed E-state index contributed by atoms with van der Waals surface area (Å²) >= 11 is 3.13. The van der Waals surface area contributed by atoms with Gasteiger partial charge < -0.3 is 0 Å². The summed E-state index contributed by atoms with van der Waals surface area (Å²) in [6.07, 6.45) is -2.58. The minimum Gasteiger partial charge on any atom is -0.288 e. The third-order valence-corrected chi connectivity index (χ3v) is 2.19. The van der Waals surface area contributed by atoms with Gasteiger partial charge in [0.1, 0.15) is 0 Å². The topological polar surface area (TPSA) is 34.0 Å². The number of aryl methyl sites for hydroxylation is 1. The molecule has 4 nitrogen and oxygen atoms in total. The van der Waals surface area contributed by atoms with Crippen LogP contribution in [0.2, 0.25) is 0 Å². The zero-order valence-electron chi connectivity index (χ0n) is 8.71. The van der Waals surface area contributed by atoms with Crippen LogP contribution in [0.4, 0.5) is 13.2 Å². The zero-order valence-corrected chi connectivity index (χ0v) is 10.3. The van der Waals surface area contributed by atoms with Crippen LogP contribution in [0.5, 0.6) is 0 Å². The molecular weight excluding hydrogens is 289 g/mol. The summed E-state index contributed by atoms with van der Waals surface area (Å²) in [4.78, 5) is 1.28. The SMILES string of the molecule is Cn1cc(CN(CCBr)CC(F)(F)F)nn1. The number of aromatic nitrogens is 3. The van der Waals surface area contributed by atoms with E-state index in [-0.39, 0.29) is 6.54 Å². The fraction of sp³-hybridized carbons (Fsp3) is 0.750. The maximum Gasteiger partial charge on any atom is 0.401 e. The molecule has 0 unspecified atom stereocenters. The quantitative estimate of drug-likeness (QED) is 0.774. The van der Waals surface area contributed by atoms with Crippen molar-refractivity contribution in [2.45, 2.75) is 12.7 Å². The first kappa shape index (κ1) is 13.4. The van der Waals surface area contributed by atoms with Gasteiger partial charge in [-0.1, -0.05) is 21.1 Å². The van der Waals surface area contributed by atoms with Gasteiger partial charge in [0.25, 0.3) is 0 Å². The summed E-state index contributed by atoms with van der Waals surface area (Å²) in [5, 5.41) is 7.92. The molecule has 92 valence electrons. The monoisotopic (exact) mass is 300 g/mol. The van der Waals surface area contributed by atoms with Crippen molar-refractivity contribution in [3.05, 3.63) is 11.9 Å². The van der Waals surface area contributed by atoms with Gasteiger partial charge >= 0.3 is 6.18 Å². The van der Waals surface area contributed by atoms with Crippen molar-refractivity contribution >= 4 is 15.9 Å². The summed E-state index contributed by atoms with van der Waals surface area (Å²) < 4.78 is 38.2. The Morgan fingerprint density at radius 2 is 2.19 bits per heavy atom. The molecule has 0 amide bonds. The third-order valence-electron chi connectivity index (χ3n) is 1.84. The molecule has 0 radical (unpaired) electrons. The normalized spacial score (nSPS) is 12.4. The molecule has 1 rings (SSSR count). The summed E-state index contributed by atoms with van der Waals surface area (Å²) in [5.41, 5.74) is 0.535. The van der Waals surface area contributed by atoms with E-state index in [1.807, 2.05) is 0 Å². The Hall–Kier alpha value is -0.630. The van der Waals surface area contributed by atoms with Crippen LogP contribution in [0, 0.1) is 0 Å². The van der Waals surface area contributed by atoms with Crippen LogP contribution >= 0.6 is 15.9 Å². The number of hydrogen-bond acceptors (Lipinski definition) is 3. The standard InChI is InChI=1S/C8H12BrF3N4/c1-15-4-7(13-14-15)5-16(3-2-9)6-8(10,11)12/h4H,2-3,5-6H2,1H3. The lowest BCUT2D eigenvalue weighted by Gasteiger charge is -2.21. The predicted octanol–water partition coefficient (Wildman–Crippen LogP) is 1.57. The van der Waals surface area contributed by atoms with Gasteiger partial charge in [-0.3, -0.25) is 9.58 Å². The van der Waals surface area contributed by atoms with E-state index in [2.05, 4.69) is 26.2 Å². The molecule has 0 N–H and O–H groups in total. The van der Waals surface area contributed by atoms with Crippen molar-refractivity contribution in [3.63, 3.8) is 0 Å². The van der Waals surface area contributed by atoms with Gasteiger partial charge in [-0.05, 0) is 0 Å². The van der Waals surface area contributed by atoms with Crippen molar-refractivity contribution in [1.82, 2.24) is 19.9 Å². The molecule has 16 heavy (non-hydrogen) atoms. The third kappa shape index (κ3) is 4.93. The number of hydrogen-bond donors (Lipinski definition) is 0. The lowest BCUT2D eigenvalue weighted by Crippen LogP contribution is -2.35. The van der Waals surface area contributed by atoms with Gasteiger partial charge in [0.05, 0.1) is 12.2 Å². The van der Waals surface area contributed by atoms with Crippen molar-refractivity contribution in [2.24, 2.45) is 7.05 Å². The second-order valence-corrected chi connectivity index (χ2v) is 4.19. The van der Waals surface area contributed by atoms with Gasteiger partial charge in [-0.25, -0.2) is 0 Å². The van der Waals surface area contributed by atoms with E-state index in [1.165, 1.54) is 9.58 Å². The maximum atomic E-state index is 12.2. The fourth-order valence-corrected chi connectivity index (χ4v) is 1.79. The van der Waals surface area contributed by atoms with Gasteiger partial charge in [-0.2, -0.15) is 13.2 Å². The van der Waals surface area contributed by atoms with E-state index in [1.54, 1.807) is 13.2 Å². The summed E-state index contributed by atoms with van der Waals surface area (Å²) in [6, 6.07) is 0. The van der Waals surface area contributed by atoms with Crippen molar-refractivity contribution in [3.8, 4) is 0 Å². The molecule has 0 saturated carbocycles. The van der Waals surface area contributed by atoms with E-state index in [0.717, 1.165) is 0 Å². The van der Waals surface area contributed by atoms with Crippen molar-refractivity contribution < 1.29 is 13.2 Å². The highest BCUT2D eigenvalue weighted by atomic mass is 79.9. The Morgan fingerprint density at radius 3 is 2.62 bits per heavy atom. The highest BCUT2D eigenvalue weighted by molar-refractivity contribution is 9.09. The molecule has 1 aromatic rings. The van der Waals surface area contributed by atoms with E-state index >= 15 is 0 Å². The highest BCUT2D eigenvalue weighted by Gasteiger charge is 2.30. The van der Waals surface area contributed by atoms with Crippen LogP contribution < -0.4 is 0 Å². The molecule has 0 aliphatic heterocycles. The van der Waals surface area contributed by atoms with Gasteiger partial charge in [0.15, 0.2) is 0 Å². The molecule has 0 spiro atoms. The number of nitrogens with zero attached hydrogens (tertiary/aromatic N) is 4. The Balaban J connectivity index is 2.57. The Morgan fingerprint density at radius 1 is 1.50 bits per heavy atom. The molecule has 0 fully saturated rings.